The molecule has 2 aromatic rings. The Morgan fingerprint density at radius 2 is 1.73 bits per heavy atom. The van der Waals surface area contributed by atoms with E-state index in [2.05, 4.69) is 5.32 Å². The van der Waals surface area contributed by atoms with Gasteiger partial charge in [0.15, 0.2) is 0 Å². The molecule has 0 aliphatic rings. The topological polar surface area (TPSA) is 38.3 Å². The number of amides is 1. The minimum atomic E-state index is -0.244. The van der Waals surface area contributed by atoms with Crippen molar-refractivity contribution >= 4 is 17.7 Å². The summed E-state index contributed by atoms with van der Waals surface area (Å²) >= 11 is 1.57. The van der Waals surface area contributed by atoms with Crippen LogP contribution in [0.3, 0.4) is 0 Å². The molecule has 22 heavy (non-hydrogen) atoms. The van der Waals surface area contributed by atoms with Gasteiger partial charge in [0, 0.05) is 25.2 Å². The van der Waals surface area contributed by atoms with Gasteiger partial charge in [-0.25, -0.2) is 0 Å². The van der Waals surface area contributed by atoms with Gasteiger partial charge in [-0.3, -0.25) is 4.79 Å². The Balaban J connectivity index is 2.06. The third-order valence-electron chi connectivity index (χ3n) is 3.16. The van der Waals surface area contributed by atoms with Gasteiger partial charge in [-0.05, 0) is 24.1 Å². The lowest BCUT2D eigenvalue weighted by Gasteiger charge is -2.17. The van der Waals surface area contributed by atoms with Gasteiger partial charge in [-0.15, -0.1) is 11.8 Å². The molecular formula is C18H21NO2S. The van der Waals surface area contributed by atoms with E-state index in [0.717, 1.165) is 16.9 Å². The lowest BCUT2D eigenvalue weighted by molar-refractivity contribution is -0.120. The number of thioether (sulfide) groups is 1. The fourth-order valence-electron chi connectivity index (χ4n) is 2.06. The first kappa shape index (κ1) is 16.6. The number of nitrogens with one attached hydrogen (secondary N) is 1. The molecular weight excluding hydrogens is 294 g/mol. The van der Waals surface area contributed by atoms with E-state index >= 15 is 0 Å². The maximum atomic E-state index is 12.5. The second kappa shape index (κ2) is 9.28. The number of rotatable bonds is 8. The van der Waals surface area contributed by atoms with Gasteiger partial charge < -0.3 is 10.1 Å². The highest BCUT2D eigenvalue weighted by molar-refractivity contribution is 8.00. The molecule has 1 N–H and O–H groups in total. The normalized spacial score (nSPS) is 11.9. The fraction of sp³-hybridized carbons (Fsp3) is 0.278. The minimum Gasteiger partial charge on any atom is -0.385 e. The standard InChI is InChI=1S/C18H21NO2S/c1-21-14-8-13-19-18(20)17(15-9-4-2-5-10-15)22-16-11-6-3-7-12-16/h2-7,9-12,17H,8,13-14H2,1H3,(H,19,20)/t17-/m0/s1. The molecule has 116 valence electrons. The molecule has 0 unspecified atom stereocenters. The Kier molecular flexibility index (Phi) is 7.00. The summed E-state index contributed by atoms with van der Waals surface area (Å²) in [7, 11) is 1.67. The summed E-state index contributed by atoms with van der Waals surface area (Å²) in [6, 6.07) is 19.9. The summed E-state index contributed by atoms with van der Waals surface area (Å²) in [5, 5.41) is 2.75. The molecule has 0 saturated carbocycles. The van der Waals surface area contributed by atoms with E-state index in [4.69, 9.17) is 4.74 Å². The SMILES string of the molecule is COCCCNC(=O)[C@@H](Sc1ccccc1)c1ccccc1. The maximum absolute atomic E-state index is 12.5. The molecule has 0 radical (unpaired) electrons. The third-order valence-corrected chi connectivity index (χ3v) is 4.43. The molecule has 0 bridgehead atoms. The van der Waals surface area contributed by atoms with E-state index < -0.39 is 0 Å². The number of benzene rings is 2. The van der Waals surface area contributed by atoms with Crippen LogP contribution in [0.1, 0.15) is 17.2 Å². The van der Waals surface area contributed by atoms with Crippen LogP contribution in [-0.4, -0.2) is 26.2 Å². The van der Waals surface area contributed by atoms with E-state index in [9.17, 15) is 4.79 Å². The second-order valence-corrected chi connectivity index (χ2v) is 6.04. The van der Waals surface area contributed by atoms with Gasteiger partial charge in [0.05, 0.1) is 0 Å². The number of ether oxygens (including phenoxy) is 1. The predicted octanol–water partition coefficient (Wildman–Crippen LogP) is 3.67. The zero-order valence-electron chi connectivity index (χ0n) is 12.7. The molecule has 2 rings (SSSR count). The lowest BCUT2D eigenvalue weighted by atomic mass is 10.1. The van der Waals surface area contributed by atoms with Gasteiger partial charge in [0.2, 0.25) is 5.91 Å². The Labute approximate surface area is 136 Å². The Morgan fingerprint density at radius 1 is 1.09 bits per heavy atom. The van der Waals surface area contributed by atoms with E-state index in [1.165, 1.54) is 0 Å². The number of carbonyl (C=O) groups excluding carboxylic acids is 1. The Bertz CT molecular complexity index is 560. The van der Waals surface area contributed by atoms with Crippen LogP contribution in [0.5, 0.6) is 0 Å². The van der Waals surface area contributed by atoms with Crippen LogP contribution in [0, 0.1) is 0 Å². The van der Waals surface area contributed by atoms with E-state index in [1.807, 2.05) is 60.7 Å². The van der Waals surface area contributed by atoms with Gasteiger partial charge in [-0.2, -0.15) is 0 Å². The summed E-state index contributed by atoms with van der Waals surface area (Å²) in [4.78, 5) is 13.6. The van der Waals surface area contributed by atoms with Crippen molar-refractivity contribution in [1.82, 2.24) is 5.32 Å². The summed E-state index contributed by atoms with van der Waals surface area (Å²) in [5.41, 5.74) is 1.01. The van der Waals surface area contributed by atoms with Crippen LogP contribution in [0.25, 0.3) is 0 Å². The fourth-order valence-corrected chi connectivity index (χ4v) is 3.13. The van der Waals surface area contributed by atoms with Crippen LogP contribution in [0.2, 0.25) is 0 Å². The van der Waals surface area contributed by atoms with Crippen molar-refractivity contribution < 1.29 is 9.53 Å². The third kappa shape index (κ3) is 5.20. The maximum Gasteiger partial charge on any atom is 0.237 e. The van der Waals surface area contributed by atoms with Gasteiger partial charge >= 0.3 is 0 Å². The summed E-state index contributed by atoms with van der Waals surface area (Å²) < 4.78 is 5.01. The molecule has 0 saturated heterocycles. The molecule has 2 aromatic carbocycles. The van der Waals surface area contributed by atoms with Crippen LogP contribution in [-0.2, 0) is 9.53 Å². The minimum absolute atomic E-state index is 0.0381. The van der Waals surface area contributed by atoms with Crippen LogP contribution in [0.15, 0.2) is 65.6 Å². The molecule has 0 aromatic heterocycles. The average Bonchev–Trinajstić information content (AvgIpc) is 2.58. The van der Waals surface area contributed by atoms with Crippen LogP contribution in [0.4, 0.5) is 0 Å². The molecule has 0 heterocycles. The highest BCUT2D eigenvalue weighted by Crippen LogP contribution is 2.35. The van der Waals surface area contributed by atoms with Crippen molar-refractivity contribution in [2.24, 2.45) is 0 Å². The molecule has 4 heteroatoms. The first-order valence-electron chi connectivity index (χ1n) is 7.34. The molecule has 3 nitrogen and oxygen atoms in total. The molecule has 0 spiro atoms. The van der Waals surface area contributed by atoms with Crippen LogP contribution >= 0.6 is 11.8 Å². The van der Waals surface area contributed by atoms with Crippen LogP contribution < -0.4 is 5.32 Å². The van der Waals surface area contributed by atoms with Gasteiger partial charge in [-0.1, -0.05) is 48.5 Å². The highest BCUT2D eigenvalue weighted by Gasteiger charge is 2.21. The summed E-state index contributed by atoms with van der Waals surface area (Å²) in [6.07, 6.45) is 0.819. The zero-order valence-corrected chi connectivity index (χ0v) is 13.5. The quantitative estimate of drug-likeness (QED) is 0.596. The van der Waals surface area contributed by atoms with E-state index in [0.29, 0.717) is 13.2 Å². The van der Waals surface area contributed by atoms with Crippen molar-refractivity contribution in [3.63, 3.8) is 0 Å². The smallest absolute Gasteiger partial charge is 0.237 e. The van der Waals surface area contributed by atoms with Crippen molar-refractivity contribution in [1.29, 1.82) is 0 Å². The molecule has 0 aliphatic carbocycles. The predicted molar refractivity (Wildman–Crippen MR) is 91.0 cm³/mol. The van der Waals surface area contributed by atoms with E-state index in [-0.39, 0.29) is 11.2 Å². The van der Waals surface area contributed by atoms with E-state index in [1.54, 1.807) is 18.9 Å². The first-order valence-corrected chi connectivity index (χ1v) is 8.22. The number of methoxy groups -OCH3 is 1. The zero-order chi connectivity index (χ0) is 15.6. The summed E-state index contributed by atoms with van der Waals surface area (Å²) in [5.74, 6) is 0.0381. The Morgan fingerprint density at radius 3 is 2.36 bits per heavy atom. The number of carbonyl (C=O) groups is 1. The van der Waals surface area contributed by atoms with Crippen molar-refractivity contribution in [2.75, 3.05) is 20.3 Å². The molecule has 0 aliphatic heterocycles. The van der Waals surface area contributed by atoms with Crippen molar-refractivity contribution in [3.05, 3.63) is 66.2 Å². The lowest BCUT2D eigenvalue weighted by Crippen LogP contribution is -2.29. The number of hydrogen-bond donors (Lipinski definition) is 1. The second-order valence-electron chi connectivity index (χ2n) is 4.86. The largest absolute Gasteiger partial charge is 0.385 e. The first-order chi connectivity index (χ1) is 10.8. The summed E-state index contributed by atoms with van der Waals surface area (Å²) in [6.45, 7) is 1.29. The van der Waals surface area contributed by atoms with Crippen molar-refractivity contribution in [3.8, 4) is 0 Å². The highest BCUT2D eigenvalue weighted by atomic mass is 32.2. The monoisotopic (exact) mass is 315 g/mol. The average molecular weight is 315 g/mol. The Hall–Kier alpha value is -1.78. The number of hydrogen-bond acceptors (Lipinski definition) is 3. The van der Waals surface area contributed by atoms with Crippen molar-refractivity contribution in [2.45, 2.75) is 16.6 Å². The molecule has 0 fully saturated rings. The molecule has 1 amide bonds. The molecule has 1 atom stereocenters. The van der Waals surface area contributed by atoms with Gasteiger partial charge in [0.25, 0.3) is 0 Å². The van der Waals surface area contributed by atoms with Gasteiger partial charge in [0.1, 0.15) is 5.25 Å².